The second kappa shape index (κ2) is 17.0. The number of allylic oxidation sites excluding steroid dienone is 8. The van der Waals surface area contributed by atoms with Gasteiger partial charge in [-0.1, -0.05) is 200 Å². The van der Waals surface area contributed by atoms with Gasteiger partial charge < -0.3 is 4.90 Å². The van der Waals surface area contributed by atoms with Crippen LogP contribution in [0.5, 0.6) is 0 Å². The summed E-state index contributed by atoms with van der Waals surface area (Å²) in [5.41, 5.74) is 18.7. The van der Waals surface area contributed by atoms with E-state index in [1.807, 2.05) is 0 Å². The van der Waals surface area contributed by atoms with Crippen LogP contribution in [0.4, 0.5) is 11.4 Å². The first-order valence-electron chi connectivity index (χ1n) is 22.3. The molecule has 0 atom stereocenters. The monoisotopic (exact) mass is 805 g/mol. The lowest BCUT2D eigenvalue weighted by Crippen LogP contribution is -2.18. The first-order valence-corrected chi connectivity index (χ1v) is 22.3. The van der Waals surface area contributed by atoms with E-state index in [1.165, 1.54) is 99.7 Å². The number of benzene rings is 9. The van der Waals surface area contributed by atoms with Crippen molar-refractivity contribution in [3.8, 4) is 44.5 Å². The summed E-state index contributed by atoms with van der Waals surface area (Å²) in [4.78, 5) is 2.49. The van der Waals surface area contributed by atoms with Gasteiger partial charge in [0.25, 0.3) is 0 Å². The van der Waals surface area contributed by atoms with Crippen molar-refractivity contribution in [2.24, 2.45) is 0 Å². The van der Waals surface area contributed by atoms with Crippen LogP contribution in [-0.2, 0) is 0 Å². The predicted molar refractivity (Wildman–Crippen MR) is 270 cm³/mol. The standard InChI is InChI=1S/C62H47N/c1-4-14-44(15-5-1)54-34-39-58(50-19-8-3-9-20-50)61(43-54)51-27-24-46(25-28-51)47-30-35-55(36-31-47)63(56-37-32-48(33-38-56)53-29-26-45-16-10-11-21-52(45)42-53)62-41-40-57(49-17-6-2-7-18-49)59-22-12-13-23-60(59)62/h2-4,6-32,34-37,39-43H,1,5,33,38H2. The van der Waals surface area contributed by atoms with Crippen LogP contribution in [0, 0.1) is 0 Å². The fourth-order valence-corrected chi connectivity index (χ4v) is 9.55. The molecule has 63 heavy (non-hydrogen) atoms. The summed E-state index contributed by atoms with van der Waals surface area (Å²) in [6.45, 7) is 0. The van der Waals surface area contributed by atoms with Crippen LogP contribution in [0.25, 0.3) is 77.2 Å². The second-order valence-electron chi connectivity index (χ2n) is 16.7. The molecule has 0 bridgehead atoms. The van der Waals surface area contributed by atoms with E-state index in [1.54, 1.807) is 0 Å². The summed E-state index contributed by atoms with van der Waals surface area (Å²) in [5, 5.41) is 5.04. The highest BCUT2D eigenvalue weighted by Crippen LogP contribution is 2.43. The zero-order valence-electron chi connectivity index (χ0n) is 35.3. The fourth-order valence-electron chi connectivity index (χ4n) is 9.55. The topological polar surface area (TPSA) is 3.24 Å². The molecule has 0 N–H and O–H groups in total. The average Bonchev–Trinajstić information content (AvgIpc) is 3.37. The minimum atomic E-state index is 0.927. The Hall–Kier alpha value is -7.74. The molecule has 0 radical (unpaired) electrons. The lowest BCUT2D eigenvalue weighted by atomic mass is 9.89. The average molecular weight is 806 g/mol. The van der Waals surface area contributed by atoms with Gasteiger partial charge in [-0.2, -0.15) is 0 Å². The smallest absolute Gasteiger partial charge is 0.0537 e. The largest absolute Gasteiger partial charge is 0.314 e. The number of hydrogen-bond donors (Lipinski definition) is 0. The van der Waals surface area contributed by atoms with Crippen LogP contribution >= 0.6 is 0 Å². The Labute approximate surface area is 371 Å². The molecule has 0 heterocycles. The van der Waals surface area contributed by atoms with E-state index in [0.717, 1.165) is 31.4 Å². The van der Waals surface area contributed by atoms with Gasteiger partial charge in [0.1, 0.15) is 0 Å². The summed E-state index contributed by atoms with van der Waals surface area (Å²) in [7, 11) is 0. The Morgan fingerprint density at radius 1 is 0.365 bits per heavy atom. The number of fused-ring (bicyclic) bond motifs is 2. The fraction of sp³-hybridized carbons (Fsp3) is 0.0645. The summed E-state index contributed by atoms with van der Waals surface area (Å²) < 4.78 is 0. The van der Waals surface area contributed by atoms with Crippen molar-refractivity contribution < 1.29 is 0 Å². The maximum atomic E-state index is 2.49. The Kier molecular flexibility index (Phi) is 10.3. The molecular weight excluding hydrogens is 759 g/mol. The summed E-state index contributed by atoms with van der Waals surface area (Å²) in [6, 6.07) is 75.8. The third-order valence-corrected chi connectivity index (χ3v) is 12.8. The molecule has 0 amide bonds. The highest BCUT2D eigenvalue weighted by Gasteiger charge is 2.22. The zero-order valence-corrected chi connectivity index (χ0v) is 35.3. The van der Waals surface area contributed by atoms with Crippen molar-refractivity contribution in [1.29, 1.82) is 0 Å². The highest BCUT2D eigenvalue weighted by molar-refractivity contribution is 6.05. The minimum absolute atomic E-state index is 0.927. The van der Waals surface area contributed by atoms with Crippen LogP contribution < -0.4 is 4.90 Å². The molecule has 0 unspecified atom stereocenters. The molecule has 1 heteroatoms. The summed E-state index contributed by atoms with van der Waals surface area (Å²) in [6.07, 6.45) is 15.7. The van der Waals surface area contributed by atoms with Crippen LogP contribution in [0.2, 0.25) is 0 Å². The summed E-state index contributed by atoms with van der Waals surface area (Å²) in [5.74, 6) is 0. The second-order valence-corrected chi connectivity index (χ2v) is 16.7. The number of anilines is 2. The maximum Gasteiger partial charge on any atom is 0.0537 e. The molecule has 0 saturated carbocycles. The van der Waals surface area contributed by atoms with Gasteiger partial charge in [-0.05, 0) is 145 Å². The van der Waals surface area contributed by atoms with Gasteiger partial charge in [0.15, 0.2) is 0 Å². The van der Waals surface area contributed by atoms with Gasteiger partial charge in [-0.15, -0.1) is 0 Å². The van der Waals surface area contributed by atoms with E-state index in [4.69, 9.17) is 0 Å². The first kappa shape index (κ1) is 38.2. The van der Waals surface area contributed by atoms with Crippen LogP contribution in [-0.4, -0.2) is 0 Å². The van der Waals surface area contributed by atoms with Crippen molar-refractivity contribution in [2.75, 3.05) is 4.90 Å². The lowest BCUT2D eigenvalue weighted by molar-refractivity contribution is 0.932. The third kappa shape index (κ3) is 7.64. The van der Waals surface area contributed by atoms with Gasteiger partial charge in [0.2, 0.25) is 0 Å². The highest BCUT2D eigenvalue weighted by atomic mass is 15.1. The van der Waals surface area contributed by atoms with E-state index >= 15 is 0 Å². The number of rotatable bonds is 9. The van der Waals surface area contributed by atoms with Gasteiger partial charge in [-0.25, -0.2) is 0 Å². The minimum Gasteiger partial charge on any atom is -0.314 e. The molecule has 1 nitrogen and oxygen atoms in total. The Bertz CT molecular complexity index is 3240. The zero-order chi connectivity index (χ0) is 42.0. The Morgan fingerprint density at radius 2 is 0.968 bits per heavy atom. The van der Waals surface area contributed by atoms with Crippen molar-refractivity contribution >= 4 is 44.1 Å². The number of hydrogen-bond acceptors (Lipinski definition) is 1. The van der Waals surface area contributed by atoms with E-state index in [0.29, 0.717) is 0 Å². The molecule has 2 aliphatic rings. The molecule has 0 aliphatic heterocycles. The normalized spacial score (nSPS) is 13.7. The quantitative estimate of drug-likeness (QED) is 0.140. The molecule has 9 aromatic carbocycles. The summed E-state index contributed by atoms with van der Waals surface area (Å²) >= 11 is 0. The molecule has 9 aromatic rings. The molecule has 0 spiro atoms. The molecular formula is C62H47N. The first-order chi connectivity index (χ1) is 31.2. The van der Waals surface area contributed by atoms with Crippen LogP contribution in [0.15, 0.2) is 242 Å². The predicted octanol–water partition coefficient (Wildman–Crippen LogP) is 17.3. The Balaban J connectivity index is 0.962. The van der Waals surface area contributed by atoms with Crippen molar-refractivity contribution in [3.05, 3.63) is 253 Å². The molecule has 0 aromatic heterocycles. The number of nitrogens with zero attached hydrogens (tertiary/aromatic N) is 1. The molecule has 11 rings (SSSR count). The molecule has 0 saturated heterocycles. The van der Waals surface area contributed by atoms with E-state index in [9.17, 15) is 0 Å². The molecule has 300 valence electrons. The van der Waals surface area contributed by atoms with Crippen molar-refractivity contribution in [1.82, 2.24) is 0 Å². The van der Waals surface area contributed by atoms with Gasteiger partial charge in [0.05, 0.1) is 5.69 Å². The van der Waals surface area contributed by atoms with Crippen LogP contribution in [0.3, 0.4) is 0 Å². The van der Waals surface area contributed by atoms with Gasteiger partial charge in [-0.3, -0.25) is 0 Å². The van der Waals surface area contributed by atoms with E-state index in [-0.39, 0.29) is 0 Å². The van der Waals surface area contributed by atoms with Gasteiger partial charge >= 0.3 is 0 Å². The molecule has 2 aliphatic carbocycles. The lowest BCUT2D eigenvalue weighted by Gasteiger charge is -2.31. The van der Waals surface area contributed by atoms with E-state index < -0.39 is 0 Å². The Morgan fingerprint density at radius 3 is 1.68 bits per heavy atom. The maximum absolute atomic E-state index is 2.49. The van der Waals surface area contributed by atoms with E-state index in [2.05, 4.69) is 242 Å². The third-order valence-electron chi connectivity index (χ3n) is 12.8. The van der Waals surface area contributed by atoms with Crippen LogP contribution in [0.1, 0.15) is 36.8 Å². The molecule has 0 fully saturated rings. The van der Waals surface area contributed by atoms with Crippen molar-refractivity contribution in [3.63, 3.8) is 0 Å². The van der Waals surface area contributed by atoms with Gasteiger partial charge in [0, 0.05) is 16.8 Å². The SMILES string of the molecule is C1=CC(c2ccc(-c3ccccc3)c(-c3ccc(-c4ccc(N(C5=CC=C(c6ccc7ccccc7c6)CC5)c5ccc(-c6ccccc6)c6ccccc56)cc4)cc3)c2)=CCC1. The van der Waals surface area contributed by atoms with Crippen molar-refractivity contribution in [2.45, 2.75) is 25.7 Å².